The van der Waals surface area contributed by atoms with Crippen LogP contribution in [0.2, 0.25) is 0 Å². The van der Waals surface area contributed by atoms with Crippen molar-refractivity contribution in [3.8, 4) is 11.8 Å². The van der Waals surface area contributed by atoms with Gasteiger partial charge >= 0.3 is 12.2 Å². The second-order valence-electron chi connectivity index (χ2n) is 5.83. The SMILES string of the molecule is O=C(NCC#Cc1cccc(C(F)(F)F)c1)NCCCN1CCCC1=O. The second-order valence-corrected chi connectivity index (χ2v) is 5.83. The molecule has 1 saturated heterocycles. The third-order valence-electron chi connectivity index (χ3n) is 3.82. The van der Waals surface area contributed by atoms with Gasteiger partial charge in [0.25, 0.3) is 0 Å². The smallest absolute Gasteiger partial charge is 0.343 e. The minimum atomic E-state index is -4.41. The van der Waals surface area contributed by atoms with Gasteiger partial charge in [-0.05, 0) is 31.0 Å². The Morgan fingerprint density at radius 1 is 1.27 bits per heavy atom. The maximum Gasteiger partial charge on any atom is 0.416 e. The standard InChI is InChI=1S/C18H20F3N3O2/c19-18(20,21)15-7-1-5-14(13-15)6-2-9-22-17(26)23-10-4-12-24-11-3-8-16(24)25/h1,5,7,13H,3-4,8-12H2,(H2,22,23,26). The Kier molecular flexibility index (Phi) is 6.89. The van der Waals surface area contributed by atoms with Gasteiger partial charge in [-0.2, -0.15) is 13.2 Å². The van der Waals surface area contributed by atoms with Gasteiger partial charge in [-0.25, -0.2) is 4.79 Å². The maximum absolute atomic E-state index is 12.6. The molecule has 1 aliphatic heterocycles. The number of benzene rings is 1. The normalized spacial score (nSPS) is 14.0. The number of nitrogens with zero attached hydrogens (tertiary/aromatic N) is 1. The van der Waals surface area contributed by atoms with Crippen molar-refractivity contribution in [2.45, 2.75) is 25.4 Å². The summed E-state index contributed by atoms with van der Waals surface area (Å²) in [6, 6.07) is 4.30. The van der Waals surface area contributed by atoms with E-state index < -0.39 is 17.8 Å². The van der Waals surface area contributed by atoms with Gasteiger partial charge in [0.05, 0.1) is 12.1 Å². The maximum atomic E-state index is 12.6. The summed E-state index contributed by atoms with van der Waals surface area (Å²) in [5, 5.41) is 5.15. The molecule has 0 aliphatic carbocycles. The zero-order valence-corrected chi connectivity index (χ0v) is 14.2. The number of likely N-dealkylation sites (tertiary alicyclic amines) is 1. The van der Waals surface area contributed by atoms with Crippen LogP contribution in [0.1, 0.15) is 30.4 Å². The first-order valence-electron chi connectivity index (χ1n) is 8.32. The van der Waals surface area contributed by atoms with E-state index in [0.717, 1.165) is 25.1 Å². The molecule has 0 bridgehead atoms. The van der Waals surface area contributed by atoms with Gasteiger partial charge in [-0.1, -0.05) is 17.9 Å². The minimum Gasteiger partial charge on any atom is -0.343 e. The average Bonchev–Trinajstić information content (AvgIpc) is 3.00. The molecular formula is C18H20F3N3O2. The number of hydrogen-bond acceptors (Lipinski definition) is 2. The van der Waals surface area contributed by atoms with Gasteiger partial charge in [0.2, 0.25) is 5.91 Å². The molecule has 2 N–H and O–H groups in total. The summed E-state index contributed by atoms with van der Waals surface area (Å²) < 4.78 is 37.8. The summed E-state index contributed by atoms with van der Waals surface area (Å²) in [5.74, 6) is 5.35. The Balaban J connectivity index is 1.66. The van der Waals surface area contributed by atoms with Crippen LogP contribution < -0.4 is 10.6 Å². The van der Waals surface area contributed by atoms with E-state index in [2.05, 4.69) is 22.5 Å². The number of carbonyl (C=O) groups excluding carboxylic acids is 2. The summed E-state index contributed by atoms with van der Waals surface area (Å²) in [6.07, 6.45) is -2.26. The van der Waals surface area contributed by atoms with E-state index in [1.807, 2.05) is 0 Å². The average molecular weight is 367 g/mol. The molecule has 8 heteroatoms. The Morgan fingerprint density at radius 3 is 2.77 bits per heavy atom. The molecule has 0 spiro atoms. The molecule has 1 aromatic carbocycles. The molecule has 0 saturated carbocycles. The van der Waals surface area contributed by atoms with Crippen LogP contribution in [0.25, 0.3) is 0 Å². The van der Waals surface area contributed by atoms with Crippen molar-refractivity contribution in [1.29, 1.82) is 0 Å². The lowest BCUT2D eigenvalue weighted by Gasteiger charge is -2.15. The summed E-state index contributed by atoms with van der Waals surface area (Å²) in [4.78, 5) is 24.8. The third kappa shape index (κ3) is 6.31. The van der Waals surface area contributed by atoms with Crippen LogP contribution in [-0.2, 0) is 11.0 Å². The molecule has 0 unspecified atom stereocenters. The molecule has 1 aromatic rings. The van der Waals surface area contributed by atoms with Gasteiger partial charge in [-0.15, -0.1) is 0 Å². The Morgan fingerprint density at radius 2 is 2.08 bits per heavy atom. The molecule has 0 radical (unpaired) electrons. The first-order chi connectivity index (χ1) is 12.4. The predicted octanol–water partition coefficient (Wildman–Crippen LogP) is 2.37. The monoisotopic (exact) mass is 367 g/mol. The first-order valence-corrected chi connectivity index (χ1v) is 8.32. The molecule has 2 rings (SSSR count). The topological polar surface area (TPSA) is 61.4 Å². The van der Waals surface area contributed by atoms with Crippen molar-refractivity contribution in [2.75, 3.05) is 26.2 Å². The first kappa shape index (κ1) is 19.6. The van der Waals surface area contributed by atoms with Gasteiger partial charge in [0.15, 0.2) is 0 Å². The van der Waals surface area contributed by atoms with E-state index >= 15 is 0 Å². The minimum absolute atomic E-state index is 0.0205. The summed E-state index contributed by atoms with van der Waals surface area (Å²) >= 11 is 0. The van der Waals surface area contributed by atoms with Crippen molar-refractivity contribution in [1.82, 2.24) is 15.5 Å². The van der Waals surface area contributed by atoms with E-state index in [0.29, 0.717) is 25.9 Å². The van der Waals surface area contributed by atoms with E-state index in [-0.39, 0.29) is 18.0 Å². The predicted molar refractivity (Wildman–Crippen MR) is 90.2 cm³/mol. The van der Waals surface area contributed by atoms with Crippen LogP contribution in [0.4, 0.5) is 18.0 Å². The van der Waals surface area contributed by atoms with Gasteiger partial charge < -0.3 is 15.5 Å². The van der Waals surface area contributed by atoms with Crippen LogP contribution in [0.5, 0.6) is 0 Å². The number of urea groups is 1. The van der Waals surface area contributed by atoms with E-state index in [1.54, 1.807) is 4.90 Å². The molecule has 1 aliphatic rings. The Bertz CT molecular complexity index is 708. The fourth-order valence-corrected chi connectivity index (χ4v) is 2.52. The molecule has 0 atom stereocenters. The van der Waals surface area contributed by atoms with Crippen LogP contribution in [-0.4, -0.2) is 43.0 Å². The highest BCUT2D eigenvalue weighted by atomic mass is 19.4. The fraction of sp³-hybridized carbons (Fsp3) is 0.444. The number of alkyl halides is 3. The van der Waals surface area contributed by atoms with E-state index in [4.69, 9.17) is 0 Å². The van der Waals surface area contributed by atoms with Crippen molar-refractivity contribution < 1.29 is 22.8 Å². The summed E-state index contributed by atoms with van der Waals surface area (Å²) in [7, 11) is 0. The largest absolute Gasteiger partial charge is 0.416 e. The van der Waals surface area contributed by atoms with Crippen molar-refractivity contribution in [2.24, 2.45) is 0 Å². The van der Waals surface area contributed by atoms with Crippen molar-refractivity contribution >= 4 is 11.9 Å². The van der Waals surface area contributed by atoms with Crippen LogP contribution in [0.3, 0.4) is 0 Å². The summed E-state index contributed by atoms with van der Waals surface area (Å²) in [6.45, 7) is 1.84. The van der Waals surface area contributed by atoms with Gasteiger partial charge in [0, 0.05) is 31.6 Å². The molecule has 140 valence electrons. The zero-order chi connectivity index (χ0) is 19.0. The number of amides is 3. The van der Waals surface area contributed by atoms with Gasteiger partial charge in [0.1, 0.15) is 0 Å². The van der Waals surface area contributed by atoms with E-state index in [1.165, 1.54) is 12.1 Å². The van der Waals surface area contributed by atoms with Crippen LogP contribution in [0, 0.1) is 11.8 Å². The number of halogens is 3. The van der Waals surface area contributed by atoms with Crippen molar-refractivity contribution in [3.05, 3.63) is 35.4 Å². The van der Waals surface area contributed by atoms with Crippen LogP contribution in [0.15, 0.2) is 24.3 Å². The van der Waals surface area contributed by atoms with Gasteiger partial charge in [-0.3, -0.25) is 4.79 Å². The highest BCUT2D eigenvalue weighted by Crippen LogP contribution is 2.29. The third-order valence-corrected chi connectivity index (χ3v) is 3.82. The lowest BCUT2D eigenvalue weighted by atomic mass is 10.1. The lowest BCUT2D eigenvalue weighted by Crippen LogP contribution is -2.37. The molecule has 26 heavy (non-hydrogen) atoms. The van der Waals surface area contributed by atoms with Crippen LogP contribution >= 0.6 is 0 Å². The summed E-state index contributed by atoms with van der Waals surface area (Å²) in [5.41, 5.74) is -0.524. The number of nitrogens with one attached hydrogen (secondary N) is 2. The molecule has 1 heterocycles. The highest BCUT2D eigenvalue weighted by molar-refractivity contribution is 5.78. The molecule has 3 amide bonds. The Hall–Kier alpha value is -2.69. The fourth-order valence-electron chi connectivity index (χ4n) is 2.52. The second kappa shape index (κ2) is 9.13. The van der Waals surface area contributed by atoms with Crippen molar-refractivity contribution in [3.63, 3.8) is 0 Å². The number of carbonyl (C=O) groups is 2. The zero-order valence-electron chi connectivity index (χ0n) is 14.2. The lowest BCUT2D eigenvalue weighted by molar-refractivity contribution is -0.137. The number of rotatable bonds is 5. The molecule has 0 aromatic heterocycles. The molecule has 1 fully saturated rings. The number of hydrogen-bond donors (Lipinski definition) is 2. The highest BCUT2D eigenvalue weighted by Gasteiger charge is 2.30. The Labute approximate surface area is 149 Å². The molecular weight excluding hydrogens is 347 g/mol. The molecule has 5 nitrogen and oxygen atoms in total. The van der Waals surface area contributed by atoms with E-state index in [9.17, 15) is 22.8 Å². The quantitative estimate of drug-likeness (QED) is 0.620.